The minimum atomic E-state index is -0.379. The molecule has 0 saturated carbocycles. The van der Waals surface area contributed by atoms with Gasteiger partial charge >= 0.3 is 0 Å². The van der Waals surface area contributed by atoms with E-state index in [1.165, 1.54) is 0 Å². The highest BCUT2D eigenvalue weighted by Gasteiger charge is 2.36. The Kier molecular flexibility index (Phi) is 3.92. The Balaban J connectivity index is 1.92. The van der Waals surface area contributed by atoms with Gasteiger partial charge in [-0.05, 0) is 18.9 Å². The van der Waals surface area contributed by atoms with Crippen LogP contribution in [-0.4, -0.2) is 37.1 Å². The van der Waals surface area contributed by atoms with Crippen molar-refractivity contribution in [1.29, 1.82) is 0 Å². The first-order chi connectivity index (χ1) is 10.9. The average Bonchev–Trinajstić information content (AvgIpc) is 3.14. The molecule has 3 rings (SSSR count). The number of aryl methyl sites for hydroxylation is 1. The molecular formula is C17H23N5O. The number of rotatable bonds is 2. The molecular weight excluding hydrogens is 290 g/mol. The molecule has 0 unspecified atom stereocenters. The van der Waals surface area contributed by atoms with Crippen LogP contribution in [0.2, 0.25) is 0 Å². The van der Waals surface area contributed by atoms with Gasteiger partial charge in [-0.3, -0.25) is 14.5 Å². The first-order valence-electron chi connectivity index (χ1n) is 7.99. The van der Waals surface area contributed by atoms with Crippen LogP contribution in [0.15, 0.2) is 24.7 Å². The van der Waals surface area contributed by atoms with Gasteiger partial charge in [0.1, 0.15) is 5.69 Å². The first-order valence-corrected chi connectivity index (χ1v) is 7.99. The summed E-state index contributed by atoms with van der Waals surface area (Å²) in [6.07, 6.45) is 7.20. The van der Waals surface area contributed by atoms with E-state index >= 15 is 0 Å². The molecule has 6 heteroatoms. The molecule has 23 heavy (non-hydrogen) atoms. The molecule has 122 valence electrons. The molecule has 0 radical (unpaired) electrons. The fourth-order valence-corrected chi connectivity index (χ4v) is 3.04. The molecule has 0 N–H and O–H groups in total. The predicted molar refractivity (Wildman–Crippen MR) is 87.4 cm³/mol. The van der Waals surface area contributed by atoms with Crippen molar-refractivity contribution in [3.8, 4) is 11.4 Å². The fraction of sp³-hybridized carbons (Fsp3) is 0.529. The largest absolute Gasteiger partial charge is 0.334 e. The second kappa shape index (κ2) is 5.76. The molecule has 2 aromatic heterocycles. The number of hydrogen-bond acceptors (Lipinski definition) is 4. The van der Waals surface area contributed by atoms with Crippen LogP contribution in [0.5, 0.6) is 0 Å². The smallest absolute Gasteiger partial charge is 0.228 e. The van der Waals surface area contributed by atoms with E-state index in [0.717, 1.165) is 36.5 Å². The highest BCUT2D eigenvalue weighted by atomic mass is 16.2. The van der Waals surface area contributed by atoms with Crippen LogP contribution in [-0.2, 0) is 11.8 Å². The van der Waals surface area contributed by atoms with Crippen LogP contribution in [0.4, 0.5) is 0 Å². The lowest BCUT2D eigenvalue weighted by atomic mass is 9.94. The van der Waals surface area contributed by atoms with E-state index in [-0.39, 0.29) is 17.4 Å². The zero-order chi connectivity index (χ0) is 16.6. The molecule has 3 heterocycles. The summed E-state index contributed by atoms with van der Waals surface area (Å²) < 4.78 is 1.78. The molecule has 0 aromatic carbocycles. The summed E-state index contributed by atoms with van der Waals surface area (Å²) in [7, 11) is 1.88. The van der Waals surface area contributed by atoms with E-state index in [2.05, 4.69) is 10.1 Å². The maximum absolute atomic E-state index is 12.7. The van der Waals surface area contributed by atoms with Gasteiger partial charge in [0, 0.05) is 25.2 Å². The van der Waals surface area contributed by atoms with Gasteiger partial charge < -0.3 is 4.90 Å². The summed E-state index contributed by atoms with van der Waals surface area (Å²) in [6.45, 7) is 6.67. The summed E-state index contributed by atoms with van der Waals surface area (Å²) in [6, 6.07) is 1.93. The van der Waals surface area contributed by atoms with E-state index in [1.54, 1.807) is 23.3 Å². The Labute approximate surface area is 136 Å². The summed E-state index contributed by atoms with van der Waals surface area (Å²) in [5.41, 5.74) is 2.19. The van der Waals surface area contributed by atoms with E-state index in [1.807, 2.05) is 38.8 Å². The lowest BCUT2D eigenvalue weighted by Gasteiger charge is -2.30. The average molecular weight is 313 g/mol. The SMILES string of the molecule is Cn1nccc1-c1cncc([C@@H]2CCCN2C(=O)C(C)(C)C)n1. The van der Waals surface area contributed by atoms with Gasteiger partial charge in [-0.2, -0.15) is 5.10 Å². The third-order valence-electron chi connectivity index (χ3n) is 4.23. The quantitative estimate of drug-likeness (QED) is 0.855. The van der Waals surface area contributed by atoms with Gasteiger partial charge in [0.2, 0.25) is 5.91 Å². The standard InChI is InChI=1S/C17H23N5O/c1-17(2,3)16(23)22-9-5-6-15(22)13-11-18-10-12(20-13)14-7-8-19-21(14)4/h7-8,10-11,15H,5-6,9H2,1-4H3/t15-/m0/s1. The maximum Gasteiger partial charge on any atom is 0.228 e. The fourth-order valence-electron chi connectivity index (χ4n) is 3.04. The molecule has 1 amide bonds. The number of carbonyl (C=O) groups excluding carboxylic acids is 1. The van der Waals surface area contributed by atoms with Gasteiger partial charge in [0.15, 0.2) is 0 Å². The van der Waals surface area contributed by atoms with E-state index in [9.17, 15) is 4.79 Å². The Bertz CT molecular complexity index is 716. The van der Waals surface area contributed by atoms with Crippen molar-refractivity contribution < 1.29 is 4.79 Å². The van der Waals surface area contributed by atoms with Crippen molar-refractivity contribution in [2.24, 2.45) is 12.5 Å². The Morgan fingerprint density at radius 3 is 2.74 bits per heavy atom. The zero-order valence-electron chi connectivity index (χ0n) is 14.2. The Morgan fingerprint density at radius 2 is 2.09 bits per heavy atom. The molecule has 1 atom stereocenters. The van der Waals surface area contributed by atoms with Crippen molar-refractivity contribution in [3.05, 3.63) is 30.4 Å². The zero-order valence-corrected chi connectivity index (χ0v) is 14.2. The van der Waals surface area contributed by atoms with Crippen LogP contribution < -0.4 is 0 Å². The van der Waals surface area contributed by atoms with Gasteiger partial charge in [0.25, 0.3) is 0 Å². The minimum Gasteiger partial charge on any atom is -0.334 e. The number of hydrogen-bond donors (Lipinski definition) is 0. The molecule has 6 nitrogen and oxygen atoms in total. The molecule has 0 bridgehead atoms. The molecule has 1 aliphatic rings. The van der Waals surface area contributed by atoms with Crippen LogP contribution >= 0.6 is 0 Å². The summed E-state index contributed by atoms with van der Waals surface area (Å²) in [5, 5.41) is 4.18. The van der Waals surface area contributed by atoms with Crippen molar-refractivity contribution in [3.63, 3.8) is 0 Å². The number of aromatic nitrogens is 4. The van der Waals surface area contributed by atoms with E-state index in [4.69, 9.17) is 4.98 Å². The second-order valence-corrected chi connectivity index (χ2v) is 7.08. The molecule has 0 spiro atoms. The summed E-state index contributed by atoms with van der Waals surface area (Å²) in [4.78, 5) is 23.7. The summed E-state index contributed by atoms with van der Waals surface area (Å²) >= 11 is 0. The Hall–Kier alpha value is -2.24. The van der Waals surface area contributed by atoms with Crippen LogP contribution in [0, 0.1) is 5.41 Å². The van der Waals surface area contributed by atoms with E-state index in [0.29, 0.717) is 0 Å². The maximum atomic E-state index is 12.7. The lowest BCUT2D eigenvalue weighted by molar-refractivity contribution is -0.140. The van der Waals surface area contributed by atoms with Crippen LogP contribution in [0.1, 0.15) is 45.3 Å². The number of likely N-dealkylation sites (tertiary alicyclic amines) is 1. The Morgan fingerprint density at radius 1 is 1.30 bits per heavy atom. The van der Waals surface area contributed by atoms with Crippen molar-refractivity contribution in [1.82, 2.24) is 24.6 Å². The summed E-state index contributed by atoms with van der Waals surface area (Å²) in [5.74, 6) is 0.174. The normalized spacial score (nSPS) is 18.4. The highest BCUT2D eigenvalue weighted by molar-refractivity contribution is 5.82. The third kappa shape index (κ3) is 2.98. The van der Waals surface area contributed by atoms with Crippen molar-refractivity contribution >= 4 is 5.91 Å². The molecule has 0 aliphatic carbocycles. The molecule has 2 aromatic rings. The lowest BCUT2D eigenvalue weighted by Crippen LogP contribution is -2.39. The topological polar surface area (TPSA) is 63.9 Å². The number of carbonyl (C=O) groups is 1. The van der Waals surface area contributed by atoms with Crippen LogP contribution in [0.25, 0.3) is 11.4 Å². The van der Waals surface area contributed by atoms with Gasteiger partial charge in [0.05, 0.1) is 29.8 Å². The molecule has 1 fully saturated rings. The monoisotopic (exact) mass is 313 g/mol. The van der Waals surface area contributed by atoms with Crippen LogP contribution in [0.3, 0.4) is 0 Å². The highest BCUT2D eigenvalue weighted by Crippen LogP contribution is 2.34. The van der Waals surface area contributed by atoms with E-state index < -0.39 is 0 Å². The first kappa shape index (κ1) is 15.6. The minimum absolute atomic E-state index is 0.0161. The molecule has 1 aliphatic heterocycles. The number of amides is 1. The van der Waals surface area contributed by atoms with Crippen molar-refractivity contribution in [2.45, 2.75) is 39.7 Å². The van der Waals surface area contributed by atoms with Gasteiger partial charge in [-0.1, -0.05) is 20.8 Å². The third-order valence-corrected chi connectivity index (χ3v) is 4.23. The number of nitrogens with zero attached hydrogens (tertiary/aromatic N) is 5. The molecule has 1 saturated heterocycles. The predicted octanol–water partition coefficient (Wildman–Crippen LogP) is 2.59. The van der Waals surface area contributed by atoms with Crippen molar-refractivity contribution in [2.75, 3.05) is 6.54 Å². The van der Waals surface area contributed by atoms with Gasteiger partial charge in [-0.25, -0.2) is 4.98 Å². The second-order valence-electron chi connectivity index (χ2n) is 7.08. The van der Waals surface area contributed by atoms with Gasteiger partial charge in [-0.15, -0.1) is 0 Å².